The number of nitrogens with one attached hydrogen (secondary N) is 1. The van der Waals surface area contributed by atoms with Crippen molar-refractivity contribution in [1.82, 2.24) is 10.2 Å². The Morgan fingerprint density at radius 1 is 1.12 bits per heavy atom. The third-order valence-electron chi connectivity index (χ3n) is 5.39. The summed E-state index contributed by atoms with van der Waals surface area (Å²) in [6.07, 6.45) is 1.32. The van der Waals surface area contributed by atoms with E-state index in [1.165, 1.54) is 17.8 Å². The van der Waals surface area contributed by atoms with E-state index in [0.29, 0.717) is 23.6 Å². The van der Waals surface area contributed by atoms with Crippen LogP contribution in [0.4, 0.5) is 4.39 Å². The van der Waals surface area contributed by atoms with Crippen molar-refractivity contribution >= 4 is 35.2 Å². The summed E-state index contributed by atoms with van der Waals surface area (Å²) >= 11 is 7.40. The Balaban J connectivity index is 2.16. The molecule has 0 aromatic heterocycles. The first kappa shape index (κ1) is 26.2. The predicted molar refractivity (Wildman–Crippen MR) is 131 cm³/mol. The number of benzene rings is 2. The molecule has 4 nitrogen and oxygen atoms in total. The maximum Gasteiger partial charge on any atom is 0.243 e. The van der Waals surface area contributed by atoms with Gasteiger partial charge in [0.2, 0.25) is 11.8 Å². The topological polar surface area (TPSA) is 49.4 Å². The molecular weight excluding hydrogens is 447 g/mol. The Morgan fingerprint density at radius 2 is 1.81 bits per heavy atom. The first-order valence-electron chi connectivity index (χ1n) is 10.9. The van der Waals surface area contributed by atoms with Crippen molar-refractivity contribution in [3.8, 4) is 0 Å². The molecule has 0 fully saturated rings. The minimum absolute atomic E-state index is 0.0328. The van der Waals surface area contributed by atoms with Crippen LogP contribution in [0.2, 0.25) is 5.02 Å². The highest BCUT2D eigenvalue weighted by atomic mass is 35.5. The molecule has 2 aromatic rings. The van der Waals surface area contributed by atoms with E-state index in [1.807, 2.05) is 52.0 Å². The predicted octanol–water partition coefficient (Wildman–Crippen LogP) is 5.74. The Bertz CT molecular complexity index is 887. The fourth-order valence-electron chi connectivity index (χ4n) is 3.24. The fourth-order valence-corrected chi connectivity index (χ4v) is 4.49. The van der Waals surface area contributed by atoms with E-state index in [2.05, 4.69) is 5.32 Å². The van der Waals surface area contributed by atoms with Gasteiger partial charge in [-0.05, 0) is 44.4 Å². The molecule has 0 heterocycles. The second-order valence-corrected chi connectivity index (χ2v) is 9.33. The smallest absolute Gasteiger partial charge is 0.243 e. The summed E-state index contributed by atoms with van der Waals surface area (Å²) < 4.78 is 14.1. The molecule has 0 bridgehead atoms. The minimum atomic E-state index is -0.574. The van der Waals surface area contributed by atoms with Crippen molar-refractivity contribution in [2.24, 2.45) is 0 Å². The van der Waals surface area contributed by atoms with Crippen LogP contribution in [0.1, 0.15) is 50.3 Å². The van der Waals surface area contributed by atoms with Crippen LogP contribution in [0, 0.1) is 12.7 Å². The molecular formula is C25H32ClFN2O2S. The number of aryl methyl sites for hydroxylation is 1. The maximum absolute atomic E-state index is 14.1. The van der Waals surface area contributed by atoms with Crippen molar-refractivity contribution in [1.29, 1.82) is 0 Å². The molecule has 2 aromatic carbocycles. The van der Waals surface area contributed by atoms with Crippen LogP contribution in [-0.2, 0) is 21.9 Å². The molecule has 0 saturated carbocycles. The second kappa shape index (κ2) is 12.9. The highest BCUT2D eigenvalue weighted by Gasteiger charge is 2.29. The average Bonchev–Trinajstić information content (AvgIpc) is 2.76. The van der Waals surface area contributed by atoms with Gasteiger partial charge < -0.3 is 10.2 Å². The molecule has 2 rings (SSSR count). The quantitative estimate of drug-likeness (QED) is 0.447. The Hall–Kier alpha value is -2.05. The Morgan fingerprint density at radius 3 is 2.41 bits per heavy atom. The molecule has 0 aliphatic heterocycles. The zero-order chi connectivity index (χ0) is 23.7. The number of carbonyl (C=O) groups excluding carboxylic acids is 2. The summed E-state index contributed by atoms with van der Waals surface area (Å²) in [5.41, 5.74) is 2.48. The summed E-state index contributed by atoms with van der Waals surface area (Å²) in [4.78, 5) is 27.8. The first-order chi connectivity index (χ1) is 15.3. The van der Waals surface area contributed by atoms with Crippen molar-refractivity contribution in [2.45, 2.75) is 64.9 Å². The van der Waals surface area contributed by atoms with E-state index < -0.39 is 6.04 Å². The van der Waals surface area contributed by atoms with E-state index in [-0.39, 0.29) is 35.2 Å². The van der Waals surface area contributed by atoms with Crippen LogP contribution in [0.3, 0.4) is 0 Å². The average molecular weight is 479 g/mol. The monoisotopic (exact) mass is 478 g/mol. The number of thioether (sulfide) groups is 1. The van der Waals surface area contributed by atoms with E-state index in [1.54, 1.807) is 17.0 Å². The van der Waals surface area contributed by atoms with Crippen LogP contribution in [0.15, 0.2) is 42.5 Å². The lowest BCUT2D eigenvalue weighted by Crippen LogP contribution is -2.51. The molecule has 0 radical (unpaired) electrons. The fraction of sp³-hybridized carbons (Fsp3) is 0.440. The molecule has 1 N–H and O–H groups in total. The van der Waals surface area contributed by atoms with Crippen molar-refractivity contribution in [2.75, 3.05) is 5.75 Å². The number of rotatable bonds is 11. The molecule has 2 atom stereocenters. The zero-order valence-corrected chi connectivity index (χ0v) is 20.7. The molecule has 0 spiro atoms. The summed E-state index contributed by atoms with van der Waals surface area (Å²) in [5, 5.41) is 3.35. The van der Waals surface area contributed by atoms with Crippen molar-refractivity contribution in [3.63, 3.8) is 0 Å². The number of nitrogens with zero attached hydrogens (tertiary/aromatic N) is 1. The summed E-state index contributed by atoms with van der Waals surface area (Å²) in [6.45, 7) is 8.21. The lowest BCUT2D eigenvalue weighted by molar-refractivity contribution is -0.139. The molecule has 7 heteroatoms. The lowest BCUT2D eigenvalue weighted by atomic mass is 10.1. The Labute approximate surface area is 199 Å². The van der Waals surface area contributed by atoms with Gasteiger partial charge in [0.25, 0.3) is 0 Å². The zero-order valence-electron chi connectivity index (χ0n) is 19.2. The molecule has 32 heavy (non-hydrogen) atoms. The molecule has 2 amide bonds. The second-order valence-electron chi connectivity index (χ2n) is 7.94. The van der Waals surface area contributed by atoms with Gasteiger partial charge in [0, 0.05) is 28.9 Å². The number of hydrogen-bond donors (Lipinski definition) is 1. The van der Waals surface area contributed by atoms with Crippen molar-refractivity contribution in [3.05, 3.63) is 70.0 Å². The minimum Gasteiger partial charge on any atom is -0.352 e. The lowest BCUT2D eigenvalue weighted by Gasteiger charge is -2.31. The number of hydrogen-bond acceptors (Lipinski definition) is 3. The molecule has 0 saturated heterocycles. The molecule has 0 unspecified atom stereocenters. The Kier molecular flexibility index (Phi) is 10.5. The summed E-state index contributed by atoms with van der Waals surface area (Å²) in [5.74, 6) is -0.276. The van der Waals surface area contributed by atoms with Crippen molar-refractivity contribution < 1.29 is 14.0 Å². The summed E-state index contributed by atoms with van der Waals surface area (Å²) in [7, 11) is 0. The van der Waals surface area contributed by atoms with Gasteiger partial charge in [-0.1, -0.05) is 61.3 Å². The van der Waals surface area contributed by atoms with Crippen LogP contribution >= 0.6 is 23.4 Å². The van der Waals surface area contributed by atoms with Gasteiger partial charge >= 0.3 is 0 Å². The van der Waals surface area contributed by atoms with E-state index in [9.17, 15) is 14.0 Å². The van der Waals surface area contributed by atoms with E-state index in [4.69, 9.17) is 11.6 Å². The molecule has 0 aliphatic rings. The maximum atomic E-state index is 14.1. The first-order valence-corrected chi connectivity index (χ1v) is 12.5. The number of carbonyl (C=O) groups is 2. The van der Waals surface area contributed by atoms with Gasteiger partial charge in [0.1, 0.15) is 11.9 Å². The van der Waals surface area contributed by atoms with E-state index >= 15 is 0 Å². The number of halogens is 2. The van der Waals surface area contributed by atoms with Gasteiger partial charge in [-0.25, -0.2) is 4.39 Å². The third-order valence-corrected chi connectivity index (χ3v) is 6.69. The third kappa shape index (κ3) is 7.52. The van der Waals surface area contributed by atoms with Crippen LogP contribution in [-0.4, -0.2) is 34.6 Å². The SMILES string of the molecule is CC[C@@H](C)NC(=O)[C@@H](CC)N(Cc1ccc(C)cc1)C(=O)CSCc1c(F)cccc1Cl. The molecule has 174 valence electrons. The largest absolute Gasteiger partial charge is 0.352 e. The standard InChI is InChI=1S/C25H32ClFN2O2S/c1-5-18(4)28-25(31)23(6-2)29(14-19-12-10-17(3)11-13-19)24(30)16-32-15-20-21(26)8-7-9-22(20)27/h7-13,18,23H,5-6,14-16H2,1-4H3,(H,28,31)/t18-,23-/m1/s1. The highest BCUT2D eigenvalue weighted by Crippen LogP contribution is 2.24. The number of amides is 2. The van der Waals surface area contributed by atoms with Gasteiger partial charge in [0.05, 0.1) is 5.75 Å². The van der Waals surface area contributed by atoms with Gasteiger partial charge in [-0.3, -0.25) is 9.59 Å². The van der Waals surface area contributed by atoms with Gasteiger partial charge in [-0.15, -0.1) is 11.8 Å². The van der Waals surface area contributed by atoms with Crippen LogP contribution < -0.4 is 5.32 Å². The van der Waals surface area contributed by atoms with Gasteiger partial charge in [-0.2, -0.15) is 0 Å². The van der Waals surface area contributed by atoms with Crippen LogP contribution in [0.25, 0.3) is 0 Å². The van der Waals surface area contributed by atoms with Gasteiger partial charge in [0.15, 0.2) is 0 Å². The summed E-state index contributed by atoms with van der Waals surface area (Å²) in [6, 6.07) is 11.9. The van der Waals surface area contributed by atoms with E-state index in [0.717, 1.165) is 17.5 Å². The molecule has 0 aliphatic carbocycles. The normalized spacial score (nSPS) is 12.8. The van der Waals surface area contributed by atoms with Crippen LogP contribution in [0.5, 0.6) is 0 Å². The highest BCUT2D eigenvalue weighted by molar-refractivity contribution is 7.99.